The molecule has 14 unspecified atom stereocenters. The Morgan fingerprint density at radius 3 is 1.00 bits per heavy atom. The van der Waals surface area contributed by atoms with Crippen molar-refractivity contribution >= 4 is 51.1 Å². The topological polar surface area (TPSA) is 157 Å². The number of piperidine rings is 7. The number of imidazole rings is 1. The van der Waals surface area contributed by atoms with Crippen molar-refractivity contribution in [2.24, 2.45) is 7.05 Å². The quantitative estimate of drug-likeness (QED) is 0.0798. The average molecular weight is 2030 g/mol. The van der Waals surface area contributed by atoms with Gasteiger partial charge in [0.15, 0.2) is 5.15 Å². The predicted octanol–water partition coefficient (Wildman–Crippen LogP) is 19.6. The number of aryl methyl sites for hydroxylation is 2. The lowest BCUT2D eigenvalue weighted by Crippen LogP contribution is -2.70. The molecule has 16 saturated heterocycles. The van der Waals surface area contributed by atoms with Gasteiger partial charge in [0.1, 0.15) is 15.8 Å². The fourth-order valence-corrected chi connectivity index (χ4v) is 26.6. The largest absolute Gasteiger partial charge is 0.363 e. The van der Waals surface area contributed by atoms with Crippen molar-refractivity contribution in [3.63, 3.8) is 0 Å². The van der Waals surface area contributed by atoms with E-state index in [9.17, 15) is 0 Å². The second-order valence-electron chi connectivity index (χ2n) is 54.1. The number of nitrogens with zero attached hydrogens (tertiary/aromatic N) is 24. The molecule has 24 nitrogen and oxygen atoms in total. The van der Waals surface area contributed by atoms with Crippen LogP contribution in [-0.4, -0.2) is 342 Å². The molecule has 0 spiro atoms. The number of benzene rings is 1. The molecule has 14 atom stereocenters. The fraction of sp³-hybridized carbons (Fsp3) is 0.726. The van der Waals surface area contributed by atoms with Crippen molar-refractivity contribution in [2.75, 3.05) is 111 Å². The van der Waals surface area contributed by atoms with E-state index in [-0.39, 0.29) is 11.0 Å². The molecule has 14 bridgehead atoms. The molecule has 27 heteroatoms. The van der Waals surface area contributed by atoms with Gasteiger partial charge in [-0.05, 0) is 280 Å². The normalized spacial score (nSPS) is 27.8. The number of hydrogen-bond donors (Lipinski definition) is 0. The van der Waals surface area contributed by atoms with E-state index in [2.05, 4.69) is 375 Å². The summed E-state index contributed by atoms with van der Waals surface area (Å²) in [7, 11) is 6.11. The predicted molar refractivity (Wildman–Crippen MR) is 597 cm³/mol. The van der Waals surface area contributed by atoms with E-state index in [4.69, 9.17) is 21.6 Å². The maximum Gasteiger partial charge on any atom is 0.151 e. The van der Waals surface area contributed by atoms with E-state index in [1.54, 1.807) is 0 Å². The van der Waals surface area contributed by atoms with Crippen LogP contribution in [0.3, 0.4) is 0 Å². The summed E-state index contributed by atoms with van der Waals surface area (Å²) in [5.74, 6) is 2.38. The molecular formula is C117H185ClN24S2. The zero-order valence-corrected chi connectivity index (χ0v) is 96.8. The number of piperazine rings is 7. The fourth-order valence-electron chi connectivity index (χ4n) is 24.6. The van der Waals surface area contributed by atoms with E-state index >= 15 is 0 Å². The highest BCUT2D eigenvalue weighted by Gasteiger charge is 2.54. The van der Waals surface area contributed by atoms with E-state index in [1.165, 1.54) is 210 Å². The van der Waals surface area contributed by atoms with Gasteiger partial charge in [0.2, 0.25) is 0 Å². The van der Waals surface area contributed by atoms with Crippen LogP contribution in [0.15, 0.2) is 102 Å². The van der Waals surface area contributed by atoms with Crippen molar-refractivity contribution in [2.45, 2.75) is 438 Å². The number of rotatable bonds is 18. The Morgan fingerprint density at radius 2 is 0.694 bits per heavy atom. The number of halogens is 1. The summed E-state index contributed by atoms with van der Waals surface area (Å²) >= 11 is 9.48. The van der Waals surface area contributed by atoms with Gasteiger partial charge in [-0.15, -0.1) is 27.8 Å². The SMILES string of the molecule is CC(C)(C)N1CC2CC(C1)N2Cc1ccc(Cl)nn1.CC(C)(C)N1CC2CC(C1)N2Cc1nc(C2CC2)cs1.CC(C)(C)c1ccc(CN2C3CC2CN(C(C)(C)C)C3)cn1.CC(C)c1csc(CN2C3CC2CN(C(C)(C)C)C3)n1.CCc1ccc(CN2C3CC2CN(C(C)(C)C)C3)cn1.CN(C)c1ccc(CN2C3CC2CN(C(C)(C)C)C3)cn1.Cn1cnc2cc(CN3C4CC3CN(C(C)(C)C)C4)ccc21. The van der Waals surface area contributed by atoms with Crippen LogP contribution in [-0.2, 0) is 64.7 Å². The van der Waals surface area contributed by atoms with Crippen LogP contribution < -0.4 is 4.90 Å². The molecule has 0 radical (unpaired) electrons. The standard InChI is InChI=1S/C19H31N3.C18H26N4.C17H28N4.C17H27N3.C16H25N3S.C16H27N3S.C14H21ClN4/c1-18(2,3)17-8-7-14(10-20-17)11-22-15-9-16(22)13-21(12-15)19(4,5)6;1-18(2,3)21-10-14-8-15(11-21)22(14)9-13-5-6-17-16(7-13)19-12-20(17)4;1-17(2,3)20-11-14-8-15(12-20)21(14)10-13-6-7-16(18-9-13)19(4)5;1-5-14-7-6-13(9-18-14)10-20-15-8-16(20)12-19(11-15)17(2,3)4;1-16(2,3)18-7-12-6-13(8-18)19(12)9-15-17-14(10-20-15)11-4-5-11;1-11(2)14-10-20-15(17-14)9-19-12-6-13(19)8-18(7-12)16(3,4)5;1-14(2,3)18-8-11-6-12(9-18)19(11)7-10-4-5-13(15)17-16-10/h7-8,10,15-16H,9,11-13H2,1-6H3;5-7,12,14-15H,8-11H2,1-4H3;6-7,9,14-15H,8,10-12H2,1-5H3;6-7,9,15-16H,5,8,10-12H2,1-4H3;10-13H,4-9H2,1-3H3;10-13H,6-9H2,1-5H3;4-5,11-12H,6-9H2,1-3H3. The molecule has 144 heavy (non-hydrogen) atoms. The van der Waals surface area contributed by atoms with Gasteiger partial charge in [0.05, 0.1) is 47.5 Å². The number of likely N-dealkylation sites (tertiary alicyclic amines) is 10. The smallest absolute Gasteiger partial charge is 0.151 e. The summed E-state index contributed by atoms with van der Waals surface area (Å²) in [6, 6.07) is 34.0. The molecule has 17 fully saturated rings. The second-order valence-corrected chi connectivity index (χ2v) is 56.3. The van der Waals surface area contributed by atoms with Gasteiger partial charge in [-0.1, -0.05) is 77.4 Å². The zero-order valence-electron chi connectivity index (χ0n) is 94.4. The van der Waals surface area contributed by atoms with Gasteiger partial charge >= 0.3 is 0 Å². The maximum absolute atomic E-state index is 5.77. The maximum atomic E-state index is 5.77. The molecular weight excluding hydrogens is 1840 g/mol. The first-order chi connectivity index (χ1) is 67.6. The third kappa shape index (κ3) is 26.3. The summed E-state index contributed by atoms with van der Waals surface area (Å²) in [5, 5.41) is 15.7. The minimum Gasteiger partial charge on any atom is -0.363 e. The highest BCUT2D eigenvalue weighted by atomic mass is 35.5. The highest BCUT2D eigenvalue weighted by molar-refractivity contribution is 7.10. The molecule has 25 rings (SSSR count). The van der Waals surface area contributed by atoms with Gasteiger partial charge in [-0.3, -0.25) is 78.6 Å². The Balaban J connectivity index is 0.000000115. The zero-order chi connectivity index (χ0) is 103. The molecule has 17 aliphatic rings. The molecule has 8 aromatic rings. The third-order valence-electron chi connectivity index (χ3n) is 34.8. The lowest BCUT2D eigenvalue weighted by Gasteiger charge is -2.59. The molecule has 1 aliphatic carbocycles. The van der Waals surface area contributed by atoms with E-state index < -0.39 is 0 Å². The summed E-state index contributed by atoms with van der Waals surface area (Å²) in [6.45, 7) is 86.4. The first kappa shape index (κ1) is 109. The van der Waals surface area contributed by atoms with Gasteiger partial charge < -0.3 is 9.47 Å². The lowest BCUT2D eigenvalue weighted by molar-refractivity contribution is -0.100. The summed E-state index contributed by atoms with van der Waals surface area (Å²) in [5.41, 5.74) is 16.1. The molecule has 23 heterocycles. The first-order valence-electron chi connectivity index (χ1n) is 55.5. The van der Waals surface area contributed by atoms with Gasteiger partial charge in [0.25, 0.3) is 0 Å². The van der Waals surface area contributed by atoms with E-state index in [0.29, 0.717) is 56.4 Å². The number of anilines is 1. The Hall–Kier alpha value is -5.99. The molecule has 1 saturated carbocycles. The number of aromatic nitrogens is 9. The van der Waals surface area contributed by atoms with Crippen molar-refractivity contribution in [3.05, 3.63) is 168 Å². The average Bonchev–Trinajstić information content (AvgIpc) is 1.74. The van der Waals surface area contributed by atoms with E-state index in [0.717, 1.165) is 148 Å². The third-order valence-corrected chi connectivity index (χ3v) is 36.7. The Bertz CT molecular complexity index is 5320. The van der Waals surface area contributed by atoms with Crippen molar-refractivity contribution in [1.82, 2.24) is 113 Å². The van der Waals surface area contributed by atoms with Gasteiger partial charge in [0, 0.05) is 321 Å². The van der Waals surface area contributed by atoms with Crippen LogP contribution in [0.25, 0.3) is 11.0 Å². The minimum atomic E-state index is 0.138. The molecule has 0 N–H and O–H groups in total. The van der Waals surface area contributed by atoms with Crippen molar-refractivity contribution in [1.29, 1.82) is 0 Å². The monoisotopic (exact) mass is 2030 g/mol. The van der Waals surface area contributed by atoms with Crippen LogP contribution >= 0.6 is 34.3 Å². The van der Waals surface area contributed by atoms with Crippen LogP contribution in [0.1, 0.15) is 317 Å². The van der Waals surface area contributed by atoms with Crippen LogP contribution in [0.5, 0.6) is 0 Å². The van der Waals surface area contributed by atoms with Gasteiger partial charge in [-0.25, -0.2) is 19.9 Å². The number of pyridine rings is 3. The minimum absolute atomic E-state index is 0.138. The summed E-state index contributed by atoms with van der Waals surface area (Å²) in [4.78, 5) is 67.0. The van der Waals surface area contributed by atoms with E-state index in [1.807, 2.05) is 66.3 Å². The van der Waals surface area contributed by atoms with Crippen molar-refractivity contribution < 1.29 is 0 Å². The molecule has 1 aromatic carbocycles. The van der Waals surface area contributed by atoms with Crippen LogP contribution in [0.2, 0.25) is 5.15 Å². The Kier molecular flexibility index (Phi) is 33.1. The second kappa shape index (κ2) is 43.6. The molecule has 792 valence electrons. The number of hydrogen-bond acceptors (Lipinski definition) is 25. The lowest BCUT2D eigenvalue weighted by atomic mass is 9.84. The Labute approximate surface area is 882 Å². The number of thiazole rings is 2. The number of fused-ring (bicyclic) bond motifs is 15. The van der Waals surface area contributed by atoms with Crippen molar-refractivity contribution in [3.8, 4) is 0 Å². The van der Waals surface area contributed by atoms with Gasteiger partial charge in [-0.2, -0.15) is 5.10 Å². The summed E-state index contributed by atoms with van der Waals surface area (Å²) in [6.07, 6.45) is 21.4. The molecule has 16 aliphatic heterocycles. The summed E-state index contributed by atoms with van der Waals surface area (Å²) < 4.78 is 2.08. The van der Waals surface area contributed by atoms with Crippen LogP contribution in [0.4, 0.5) is 5.82 Å². The Morgan fingerprint density at radius 1 is 0.361 bits per heavy atom. The molecule has 0 amide bonds. The van der Waals surface area contributed by atoms with Crippen LogP contribution in [0, 0.1) is 0 Å². The first-order valence-corrected chi connectivity index (χ1v) is 57.6. The highest BCUT2D eigenvalue weighted by Crippen LogP contribution is 2.46. The molecule has 7 aromatic heterocycles.